The van der Waals surface area contributed by atoms with Crippen LogP contribution in [0.4, 0.5) is 0 Å². The first-order valence-corrected chi connectivity index (χ1v) is 6.80. The van der Waals surface area contributed by atoms with E-state index in [1.54, 1.807) is 6.92 Å². The summed E-state index contributed by atoms with van der Waals surface area (Å²) >= 11 is 0. The number of esters is 2. The maximum Gasteiger partial charge on any atom is 0.346 e. The Morgan fingerprint density at radius 1 is 1.29 bits per heavy atom. The van der Waals surface area contributed by atoms with Gasteiger partial charge in [-0.15, -0.1) is 0 Å². The lowest BCUT2D eigenvalue weighted by atomic mass is 9.74. The molecule has 0 saturated carbocycles. The Morgan fingerprint density at radius 2 is 2.00 bits per heavy atom. The van der Waals surface area contributed by atoms with Crippen molar-refractivity contribution < 1.29 is 28.6 Å². The summed E-state index contributed by atoms with van der Waals surface area (Å²) in [5.74, 6) is -1.58. The van der Waals surface area contributed by atoms with Gasteiger partial charge >= 0.3 is 11.9 Å². The zero-order valence-electron chi connectivity index (χ0n) is 12.2. The van der Waals surface area contributed by atoms with Crippen molar-refractivity contribution in [3.63, 3.8) is 0 Å². The van der Waals surface area contributed by atoms with Crippen molar-refractivity contribution in [1.29, 1.82) is 0 Å². The molecule has 0 amide bonds. The standard InChI is InChI=1S/C14H17NO6/c1-8-10(11(17)19-2)14(12(18)20-3)13(9(16)7-21-14)5-4-6-15(8)13/h4-7H2,1-3H3. The largest absolute Gasteiger partial charge is 0.467 e. The van der Waals surface area contributed by atoms with Crippen LogP contribution in [0, 0.1) is 0 Å². The van der Waals surface area contributed by atoms with Gasteiger partial charge in [-0.3, -0.25) is 4.79 Å². The van der Waals surface area contributed by atoms with Crippen molar-refractivity contribution >= 4 is 17.7 Å². The number of hydrogen-bond acceptors (Lipinski definition) is 7. The maximum absolute atomic E-state index is 12.5. The molecule has 2 saturated heterocycles. The fraction of sp³-hybridized carbons (Fsp3) is 0.643. The van der Waals surface area contributed by atoms with E-state index in [9.17, 15) is 14.4 Å². The van der Waals surface area contributed by atoms with E-state index in [1.807, 2.05) is 4.90 Å². The highest BCUT2D eigenvalue weighted by Gasteiger charge is 2.77. The number of hydrogen-bond donors (Lipinski definition) is 0. The molecule has 3 heterocycles. The van der Waals surface area contributed by atoms with Crippen LogP contribution in [0.5, 0.6) is 0 Å². The number of Topliss-reactive ketones (excluding diaryl/α,β-unsaturated/α-hetero) is 1. The number of carbonyl (C=O) groups is 3. The Kier molecular flexibility index (Phi) is 2.88. The summed E-state index contributed by atoms with van der Waals surface area (Å²) in [6, 6.07) is 0. The second-order valence-electron chi connectivity index (χ2n) is 5.45. The molecule has 7 nitrogen and oxygen atoms in total. The van der Waals surface area contributed by atoms with Gasteiger partial charge in [-0.1, -0.05) is 0 Å². The summed E-state index contributed by atoms with van der Waals surface area (Å²) in [6.45, 7) is 2.10. The molecular weight excluding hydrogens is 278 g/mol. The van der Waals surface area contributed by atoms with Gasteiger partial charge in [0.15, 0.2) is 5.78 Å². The Bertz CT molecular complexity index is 582. The van der Waals surface area contributed by atoms with Gasteiger partial charge in [-0.25, -0.2) is 9.59 Å². The molecule has 2 unspecified atom stereocenters. The number of allylic oxidation sites excluding steroid dienone is 1. The van der Waals surface area contributed by atoms with Gasteiger partial charge in [-0.2, -0.15) is 0 Å². The topological polar surface area (TPSA) is 82.1 Å². The van der Waals surface area contributed by atoms with Gasteiger partial charge < -0.3 is 19.1 Å². The summed E-state index contributed by atoms with van der Waals surface area (Å²) in [6.07, 6.45) is 1.21. The Balaban J connectivity index is 2.29. The Labute approximate surface area is 121 Å². The third-order valence-electron chi connectivity index (χ3n) is 4.83. The molecule has 0 aromatic carbocycles. The zero-order chi connectivity index (χ0) is 15.4. The number of methoxy groups -OCH3 is 2. The minimum atomic E-state index is -1.70. The van der Waals surface area contributed by atoms with Gasteiger partial charge in [0.1, 0.15) is 17.7 Å². The third kappa shape index (κ3) is 1.30. The molecule has 0 aliphatic carbocycles. The van der Waals surface area contributed by atoms with Gasteiger partial charge in [0.05, 0.1) is 14.2 Å². The number of carbonyl (C=O) groups excluding carboxylic acids is 3. The first-order chi connectivity index (χ1) is 9.97. The van der Waals surface area contributed by atoms with Gasteiger partial charge in [0.25, 0.3) is 0 Å². The molecule has 21 heavy (non-hydrogen) atoms. The quantitative estimate of drug-likeness (QED) is 0.652. The van der Waals surface area contributed by atoms with Crippen molar-refractivity contribution in [1.82, 2.24) is 4.90 Å². The van der Waals surface area contributed by atoms with Crippen molar-refractivity contribution in [2.75, 3.05) is 27.4 Å². The van der Waals surface area contributed by atoms with E-state index in [1.165, 1.54) is 14.2 Å². The zero-order valence-corrected chi connectivity index (χ0v) is 12.2. The van der Waals surface area contributed by atoms with Crippen LogP contribution in [-0.4, -0.2) is 61.1 Å². The molecule has 3 aliphatic heterocycles. The SMILES string of the molecule is COC(=O)C1=C(C)N2CCCC23C(=O)COC13C(=O)OC. The van der Waals surface area contributed by atoms with Crippen molar-refractivity contribution in [3.05, 3.63) is 11.3 Å². The fourth-order valence-electron chi connectivity index (χ4n) is 4.07. The molecule has 1 spiro atoms. The van der Waals surface area contributed by atoms with Crippen LogP contribution < -0.4 is 0 Å². The fourth-order valence-corrected chi connectivity index (χ4v) is 4.07. The van der Waals surface area contributed by atoms with Crippen LogP contribution >= 0.6 is 0 Å². The molecule has 2 fully saturated rings. The van der Waals surface area contributed by atoms with E-state index in [0.717, 1.165) is 6.42 Å². The molecule has 0 bridgehead atoms. The van der Waals surface area contributed by atoms with Crippen LogP contribution in [-0.2, 0) is 28.6 Å². The van der Waals surface area contributed by atoms with Crippen LogP contribution in [0.3, 0.4) is 0 Å². The monoisotopic (exact) mass is 295 g/mol. The molecule has 0 N–H and O–H groups in total. The highest BCUT2D eigenvalue weighted by Crippen LogP contribution is 2.57. The molecule has 0 radical (unpaired) electrons. The van der Waals surface area contributed by atoms with E-state index in [0.29, 0.717) is 18.7 Å². The molecule has 3 rings (SSSR count). The normalized spacial score (nSPS) is 34.0. The molecular formula is C14H17NO6. The summed E-state index contributed by atoms with van der Waals surface area (Å²) in [5.41, 5.74) is -2.22. The number of ketones is 1. The highest BCUT2D eigenvalue weighted by molar-refractivity contribution is 6.12. The third-order valence-corrected chi connectivity index (χ3v) is 4.83. The average Bonchev–Trinajstić information content (AvgIpc) is 3.10. The van der Waals surface area contributed by atoms with E-state index in [4.69, 9.17) is 14.2 Å². The number of ether oxygens (including phenoxy) is 3. The van der Waals surface area contributed by atoms with Crippen molar-refractivity contribution in [2.24, 2.45) is 0 Å². The lowest BCUT2D eigenvalue weighted by Crippen LogP contribution is -2.62. The van der Waals surface area contributed by atoms with Crippen molar-refractivity contribution in [2.45, 2.75) is 30.9 Å². The van der Waals surface area contributed by atoms with E-state index < -0.39 is 23.1 Å². The smallest absolute Gasteiger partial charge is 0.346 e. The summed E-state index contributed by atoms with van der Waals surface area (Å²) in [4.78, 5) is 39.1. The first-order valence-electron chi connectivity index (χ1n) is 6.80. The highest BCUT2D eigenvalue weighted by atomic mass is 16.6. The number of nitrogens with zero attached hydrogens (tertiary/aromatic N) is 1. The minimum Gasteiger partial charge on any atom is -0.467 e. The predicted molar refractivity (Wildman–Crippen MR) is 69.1 cm³/mol. The lowest BCUT2D eigenvalue weighted by Gasteiger charge is -2.37. The second kappa shape index (κ2) is 4.30. The van der Waals surface area contributed by atoms with Gasteiger partial charge in [0.2, 0.25) is 5.60 Å². The minimum absolute atomic E-state index is 0.0856. The van der Waals surface area contributed by atoms with Crippen LogP contribution in [0.2, 0.25) is 0 Å². The van der Waals surface area contributed by atoms with E-state index in [-0.39, 0.29) is 18.0 Å². The molecule has 2 atom stereocenters. The molecule has 0 aromatic heterocycles. The second-order valence-corrected chi connectivity index (χ2v) is 5.45. The Hall–Kier alpha value is -1.89. The molecule has 114 valence electrons. The average molecular weight is 295 g/mol. The number of rotatable bonds is 2. The maximum atomic E-state index is 12.5. The Morgan fingerprint density at radius 3 is 2.62 bits per heavy atom. The summed E-state index contributed by atoms with van der Waals surface area (Å²) in [7, 11) is 2.46. The van der Waals surface area contributed by atoms with Gasteiger partial charge in [0, 0.05) is 12.2 Å². The van der Waals surface area contributed by atoms with E-state index in [2.05, 4.69) is 0 Å². The molecule has 7 heteroatoms. The lowest BCUT2D eigenvalue weighted by molar-refractivity contribution is -0.169. The van der Waals surface area contributed by atoms with Gasteiger partial charge in [-0.05, 0) is 19.8 Å². The van der Waals surface area contributed by atoms with Crippen molar-refractivity contribution in [3.8, 4) is 0 Å². The molecule has 0 aromatic rings. The summed E-state index contributed by atoms with van der Waals surface area (Å²) in [5, 5.41) is 0. The van der Waals surface area contributed by atoms with Crippen LogP contribution in [0.25, 0.3) is 0 Å². The summed E-state index contributed by atoms with van der Waals surface area (Å²) < 4.78 is 15.3. The predicted octanol–water partition coefficient (Wildman–Crippen LogP) is -0.207. The first kappa shape index (κ1) is 14.1. The van der Waals surface area contributed by atoms with Crippen LogP contribution in [0.15, 0.2) is 11.3 Å². The van der Waals surface area contributed by atoms with E-state index >= 15 is 0 Å². The molecule has 3 aliphatic rings. The van der Waals surface area contributed by atoms with Crippen LogP contribution in [0.1, 0.15) is 19.8 Å².